The smallest absolute Gasteiger partial charge is 0.231 e. The lowest BCUT2D eigenvalue weighted by molar-refractivity contribution is 0.153. The van der Waals surface area contributed by atoms with E-state index in [1.165, 1.54) is 6.07 Å². The average molecular weight is 505 g/mol. The van der Waals surface area contributed by atoms with E-state index in [4.69, 9.17) is 11.6 Å². The predicted molar refractivity (Wildman–Crippen MR) is 134 cm³/mol. The van der Waals surface area contributed by atoms with Crippen molar-refractivity contribution in [1.82, 2.24) is 24.6 Å². The first-order valence-electron chi connectivity index (χ1n) is 12.4. The zero-order valence-electron chi connectivity index (χ0n) is 20.1. The molecule has 3 aliphatic heterocycles. The molecule has 3 aromatic rings. The van der Waals surface area contributed by atoms with Crippen LogP contribution in [0.3, 0.4) is 0 Å². The zero-order valence-corrected chi connectivity index (χ0v) is 20.8. The summed E-state index contributed by atoms with van der Waals surface area (Å²) < 4.78 is 15.8. The Balaban J connectivity index is 1.12. The summed E-state index contributed by atoms with van der Waals surface area (Å²) in [6, 6.07) is 11.8. The number of anilines is 2. The van der Waals surface area contributed by atoms with E-state index in [9.17, 15) is 9.65 Å². The van der Waals surface area contributed by atoms with Crippen LogP contribution in [0.1, 0.15) is 29.9 Å². The van der Waals surface area contributed by atoms with E-state index in [0.717, 1.165) is 81.0 Å². The summed E-state index contributed by atoms with van der Waals surface area (Å²) >= 11 is 6.39. The van der Waals surface area contributed by atoms with Gasteiger partial charge < -0.3 is 9.80 Å². The number of benzene rings is 1. The minimum atomic E-state index is -0.267. The van der Waals surface area contributed by atoms with Gasteiger partial charge in [-0.05, 0) is 55.7 Å². The van der Waals surface area contributed by atoms with E-state index in [-0.39, 0.29) is 16.6 Å². The summed E-state index contributed by atoms with van der Waals surface area (Å²) in [7, 11) is 0. The number of halogens is 2. The lowest BCUT2D eigenvalue weighted by Gasteiger charge is -2.60. The predicted octanol–water partition coefficient (Wildman–Crippen LogP) is 3.71. The van der Waals surface area contributed by atoms with Crippen molar-refractivity contribution in [3.63, 3.8) is 0 Å². The van der Waals surface area contributed by atoms with E-state index in [2.05, 4.69) is 46.6 Å². The van der Waals surface area contributed by atoms with Crippen LogP contribution in [0.15, 0.2) is 30.3 Å². The Morgan fingerprint density at radius 3 is 2.56 bits per heavy atom. The molecule has 7 rings (SSSR count). The van der Waals surface area contributed by atoms with E-state index < -0.39 is 0 Å². The number of hydrogen-bond donors (Lipinski definition) is 0. The lowest BCUT2D eigenvalue weighted by Crippen LogP contribution is -2.73. The number of fused-ring (bicyclic) bond motifs is 3. The maximum absolute atomic E-state index is 13.6. The van der Waals surface area contributed by atoms with Crippen molar-refractivity contribution < 1.29 is 4.39 Å². The number of aryl methyl sites for hydroxylation is 1. The molecule has 8 nitrogen and oxygen atoms in total. The Hall–Kier alpha value is -3.22. The highest BCUT2D eigenvalue weighted by Crippen LogP contribution is 2.47. The van der Waals surface area contributed by atoms with E-state index in [0.29, 0.717) is 17.3 Å². The van der Waals surface area contributed by atoms with Crippen LogP contribution in [0.5, 0.6) is 0 Å². The van der Waals surface area contributed by atoms with Gasteiger partial charge in [0.1, 0.15) is 11.6 Å². The molecule has 1 aromatic carbocycles. The quantitative estimate of drug-likeness (QED) is 0.536. The first kappa shape index (κ1) is 22.0. The highest BCUT2D eigenvalue weighted by atomic mass is 35.5. The molecule has 184 valence electrons. The second-order valence-corrected chi connectivity index (χ2v) is 11.4. The van der Waals surface area contributed by atoms with E-state index in [1.54, 1.807) is 13.0 Å². The van der Waals surface area contributed by atoms with Gasteiger partial charge in [-0.15, -0.1) is 10.2 Å². The van der Waals surface area contributed by atoms with Crippen LogP contribution in [0, 0.1) is 34.9 Å². The molecular weight excluding hydrogens is 479 g/mol. The van der Waals surface area contributed by atoms with Crippen LogP contribution >= 0.6 is 11.6 Å². The van der Waals surface area contributed by atoms with Gasteiger partial charge >= 0.3 is 0 Å². The molecule has 4 aliphatic rings. The second kappa shape index (κ2) is 7.64. The van der Waals surface area contributed by atoms with Crippen molar-refractivity contribution in [2.45, 2.75) is 32.9 Å². The molecule has 0 radical (unpaired) electrons. The third-order valence-electron chi connectivity index (χ3n) is 8.09. The van der Waals surface area contributed by atoms with Crippen LogP contribution in [-0.4, -0.2) is 57.4 Å². The molecular formula is C26H26ClFN8. The Labute approximate surface area is 213 Å². The van der Waals surface area contributed by atoms with Crippen molar-refractivity contribution in [3.8, 4) is 11.8 Å². The normalized spacial score (nSPS) is 21.2. The van der Waals surface area contributed by atoms with Crippen molar-refractivity contribution in [2.24, 2.45) is 10.8 Å². The molecule has 0 bridgehead atoms. The average Bonchev–Trinajstić information content (AvgIpc) is 3.49. The highest BCUT2D eigenvalue weighted by molar-refractivity contribution is 6.30. The number of hydrogen-bond acceptors (Lipinski definition) is 7. The van der Waals surface area contributed by atoms with Crippen molar-refractivity contribution in [1.29, 1.82) is 5.26 Å². The maximum atomic E-state index is 13.6. The molecule has 0 amide bonds. The molecule has 5 heterocycles. The number of rotatable bonds is 4. The molecule has 36 heavy (non-hydrogen) atoms. The van der Waals surface area contributed by atoms with Gasteiger partial charge in [-0.3, -0.25) is 9.47 Å². The molecule has 0 N–H and O–H groups in total. The van der Waals surface area contributed by atoms with Crippen LogP contribution in [0.2, 0.25) is 5.02 Å². The fourth-order valence-corrected chi connectivity index (χ4v) is 6.18. The first-order chi connectivity index (χ1) is 17.4. The van der Waals surface area contributed by atoms with Crippen LogP contribution in [-0.2, 0) is 13.1 Å². The summed E-state index contributed by atoms with van der Waals surface area (Å²) in [5, 5.41) is 19.6. The summed E-state index contributed by atoms with van der Waals surface area (Å²) in [5.41, 5.74) is 2.58. The van der Waals surface area contributed by atoms with Crippen molar-refractivity contribution in [3.05, 3.63) is 58.3 Å². The molecule has 2 saturated heterocycles. The summed E-state index contributed by atoms with van der Waals surface area (Å²) in [6.45, 7) is 7.40. The largest absolute Gasteiger partial charge is 0.355 e. The van der Waals surface area contributed by atoms with Gasteiger partial charge in [-0.25, -0.2) is 9.37 Å². The first-order valence-corrected chi connectivity index (χ1v) is 12.7. The Morgan fingerprint density at radius 2 is 1.83 bits per heavy atom. The Bertz CT molecular complexity index is 1410. The SMILES string of the molecule is Cc1nc(N2CC3(C2)CN(c2nnc4n2-c2ccc(Cl)cc2CN(CC2(C#N)CC2)C4)C3)ccc1F. The number of aromatic nitrogens is 4. The van der Waals surface area contributed by atoms with Crippen LogP contribution < -0.4 is 9.80 Å². The Kier molecular flexibility index (Phi) is 4.67. The van der Waals surface area contributed by atoms with Gasteiger partial charge in [0.15, 0.2) is 5.82 Å². The molecule has 0 atom stereocenters. The van der Waals surface area contributed by atoms with Crippen LogP contribution in [0.25, 0.3) is 5.69 Å². The number of pyridine rings is 1. The molecule has 1 saturated carbocycles. The molecule has 10 heteroatoms. The zero-order chi connectivity index (χ0) is 24.7. The maximum Gasteiger partial charge on any atom is 0.231 e. The third kappa shape index (κ3) is 3.46. The fourth-order valence-electron chi connectivity index (χ4n) is 5.99. The summed E-state index contributed by atoms with van der Waals surface area (Å²) in [5.74, 6) is 2.32. The molecule has 1 aliphatic carbocycles. The molecule has 1 spiro atoms. The number of nitrogens with zero attached hydrogens (tertiary/aromatic N) is 8. The van der Waals surface area contributed by atoms with E-state index >= 15 is 0 Å². The summed E-state index contributed by atoms with van der Waals surface area (Å²) in [4.78, 5) is 11.2. The standard InChI is InChI=1S/C26H26ClFN8/c1-17-20(28)3-5-22(30-17)34-13-26(14-34)15-35(16-26)24-32-31-23-10-33(12-25(11-29)6-7-25)9-18-8-19(27)2-4-21(18)36(23)24/h2-5,8H,6-7,9-10,12-16H2,1H3. The van der Waals surface area contributed by atoms with Gasteiger partial charge in [0.2, 0.25) is 5.95 Å². The molecule has 3 fully saturated rings. The number of nitriles is 1. The minimum absolute atomic E-state index is 0.196. The lowest BCUT2D eigenvalue weighted by atomic mass is 9.73. The highest BCUT2D eigenvalue weighted by Gasteiger charge is 2.53. The van der Waals surface area contributed by atoms with E-state index in [1.807, 2.05) is 12.1 Å². The van der Waals surface area contributed by atoms with Gasteiger partial charge in [0.25, 0.3) is 0 Å². The summed E-state index contributed by atoms with van der Waals surface area (Å²) in [6.07, 6.45) is 1.92. The van der Waals surface area contributed by atoms with Crippen molar-refractivity contribution >= 4 is 23.4 Å². The van der Waals surface area contributed by atoms with Gasteiger partial charge in [0.05, 0.1) is 29.4 Å². The molecule has 0 unspecified atom stereocenters. The molecule has 2 aromatic heterocycles. The second-order valence-electron chi connectivity index (χ2n) is 11.0. The van der Waals surface area contributed by atoms with Crippen molar-refractivity contribution in [2.75, 3.05) is 42.5 Å². The monoisotopic (exact) mass is 504 g/mol. The Morgan fingerprint density at radius 1 is 1.06 bits per heavy atom. The third-order valence-corrected chi connectivity index (χ3v) is 8.33. The van der Waals surface area contributed by atoms with Crippen LogP contribution in [0.4, 0.5) is 16.2 Å². The van der Waals surface area contributed by atoms with Gasteiger partial charge in [0, 0.05) is 49.7 Å². The topological polar surface area (TPSA) is 77.1 Å². The fraction of sp³-hybridized carbons (Fsp3) is 0.462. The van der Waals surface area contributed by atoms with Gasteiger partial charge in [-0.2, -0.15) is 5.26 Å². The van der Waals surface area contributed by atoms with Gasteiger partial charge in [-0.1, -0.05) is 11.6 Å². The minimum Gasteiger partial charge on any atom is -0.355 e.